The standard InChI is InChI=1S/C26H25N5O3/c1-16(2)22-11-12-23(30-29-22)17-7-9-21(10-8-17)34-24-15-19(25(27)31-33)6-5-18(24)14-20-4-3-13-28-26(20)32/h3-13,15-16,33H,14H2,1-2H3,(H2,27,31)(H,28,32). The quantitative estimate of drug-likeness (QED) is 0.164. The van der Waals surface area contributed by atoms with E-state index in [0.29, 0.717) is 35.0 Å². The molecule has 34 heavy (non-hydrogen) atoms. The van der Waals surface area contributed by atoms with Gasteiger partial charge in [0.1, 0.15) is 11.5 Å². The van der Waals surface area contributed by atoms with Gasteiger partial charge in [0.05, 0.1) is 11.4 Å². The molecular weight excluding hydrogens is 430 g/mol. The minimum atomic E-state index is -0.164. The first kappa shape index (κ1) is 22.7. The van der Waals surface area contributed by atoms with Gasteiger partial charge in [0, 0.05) is 29.3 Å². The lowest BCUT2D eigenvalue weighted by atomic mass is 10.0. The minimum absolute atomic E-state index is 0.0345. The molecule has 0 amide bonds. The number of ether oxygens (including phenoxy) is 1. The number of pyridine rings is 1. The van der Waals surface area contributed by atoms with Gasteiger partial charge >= 0.3 is 0 Å². The van der Waals surface area contributed by atoms with Crippen LogP contribution in [0.25, 0.3) is 11.3 Å². The molecule has 0 atom stereocenters. The molecule has 4 aromatic rings. The van der Waals surface area contributed by atoms with Crippen LogP contribution in [0.1, 0.15) is 42.1 Å². The first-order valence-electron chi connectivity index (χ1n) is 10.8. The number of H-pyrrole nitrogens is 1. The molecule has 172 valence electrons. The highest BCUT2D eigenvalue weighted by atomic mass is 16.5. The Hall–Kier alpha value is -4.46. The molecular formula is C26H25N5O3. The monoisotopic (exact) mass is 455 g/mol. The molecule has 4 rings (SSSR count). The van der Waals surface area contributed by atoms with Gasteiger partial charge in [0.25, 0.3) is 5.56 Å². The van der Waals surface area contributed by atoms with Crippen molar-refractivity contribution in [1.29, 1.82) is 0 Å². The van der Waals surface area contributed by atoms with Crippen LogP contribution in [0.15, 0.2) is 82.9 Å². The summed E-state index contributed by atoms with van der Waals surface area (Å²) in [6.07, 6.45) is 1.95. The van der Waals surface area contributed by atoms with E-state index >= 15 is 0 Å². The van der Waals surface area contributed by atoms with E-state index in [1.54, 1.807) is 36.5 Å². The highest BCUT2D eigenvalue weighted by Gasteiger charge is 2.12. The topological polar surface area (TPSA) is 126 Å². The van der Waals surface area contributed by atoms with Gasteiger partial charge in [0.2, 0.25) is 0 Å². The van der Waals surface area contributed by atoms with Crippen molar-refractivity contribution in [1.82, 2.24) is 15.2 Å². The Balaban J connectivity index is 1.62. The van der Waals surface area contributed by atoms with Crippen molar-refractivity contribution < 1.29 is 9.94 Å². The molecule has 0 saturated heterocycles. The number of aromatic nitrogens is 3. The lowest BCUT2D eigenvalue weighted by Gasteiger charge is -2.13. The van der Waals surface area contributed by atoms with Crippen LogP contribution in [0.5, 0.6) is 11.5 Å². The molecule has 4 N–H and O–H groups in total. The minimum Gasteiger partial charge on any atom is -0.457 e. The summed E-state index contributed by atoms with van der Waals surface area (Å²) in [7, 11) is 0. The smallest absolute Gasteiger partial charge is 0.251 e. The molecule has 0 bridgehead atoms. The summed E-state index contributed by atoms with van der Waals surface area (Å²) < 4.78 is 6.16. The van der Waals surface area contributed by atoms with E-state index in [-0.39, 0.29) is 11.4 Å². The molecule has 0 unspecified atom stereocenters. The summed E-state index contributed by atoms with van der Waals surface area (Å²) in [6.45, 7) is 4.15. The van der Waals surface area contributed by atoms with Gasteiger partial charge in [-0.05, 0) is 60.0 Å². The number of nitrogens with two attached hydrogens (primary N) is 1. The van der Waals surface area contributed by atoms with E-state index in [2.05, 4.69) is 34.2 Å². The molecule has 0 aliphatic heterocycles. The van der Waals surface area contributed by atoms with Gasteiger partial charge < -0.3 is 20.7 Å². The second kappa shape index (κ2) is 9.99. The van der Waals surface area contributed by atoms with E-state index in [4.69, 9.17) is 15.7 Å². The van der Waals surface area contributed by atoms with Crippen LogP contribution in [0.3, 0.4) is 0 Å². The van der Waals surface area contributed by atoms with E-state index < -0.39 is 0 Å². The third-order valence-electron chi connectivity index (χ3n) is 5.41. The molecule has 2 aromatic carbocycles. The third-order valence-corrected chi connectivity index (χ3v) is 5.41. The summed E-state index contributed by atoms with van der Waals surface area (Å²) in [5.41, 5.74) is 10.1. The first-order valence-corrected chi connectivity index (χ1v) is 10.8. The van der Waals surface area contributed by atoms with E-state index in [1.807, 2.05) is 36.4 Å². The zero-order chi connectivity index (χ0) is 24.1. The number of amidine groups is 1. The van der Waals surface area contributed by atoms with Gasteiger partial charge in [-0.3, -0.25) is 4.79 Å². The number of hydrogen-bond donors (Lipinski definition) is 3. The lowest BCUT2D eigenvalue weighted by Crippen LogP contribution is -2.14. The fraction of sp³-hybridized carbons (Fsp3) is 0.154. The largest absolute Gasteiger partial charge is 0.457 e. The Morgan fingerprint density at radius 2 is 1.85 bits per heavy atom. The maximum atomic E-state index is 12.2. The van der Waals surface area contributed by atoms with Crippen molar-refractivity contribution in [3.05, 3.63) is 106 Å². The van der Waals surface area contributed by atoms with E-state index in [0.717, 1.165) is 22.5 Å². The number of nitrogens with one attached hydrogen (secondary N) is 1. The zero-order valence-corrected chi connectivity index (χ0v) is 18.9. The normalized spacial score (nSPS) is 11.6. The van der Waals surface area contributed by atoms with Gasteiger partial charge in [-0.15, -0.1) is 0 Å². The maximum absolute atomic E-state index is 12.2. The fourth-order valence-electron chi connectivity index (χ4n) is 3.44. The summed E-state index contributed by atoms with van der Waals surface area (Å²) in [4.78, 5) is 14.8. The predicted octanol–water partition coefficient (Wildman–Crippen LogP) is 4.43. The number of benzene rings is 2. The Bertz CT molecular complexity index is 1360. The Kier molecular flexibility index (Phi) is 6.68. The molecule has 8 heteroatoms. The van der Waals surface area contributed by atoms with Gasteiger partial charge in [-0.2, -0.15) is 10.2 Å². The molecule has 2 heterocycles. The van der Waals surface area contributed by atoms with Crippen LogP contribution in [-0.2, 0) is 6.42 Å². The molecule has 0 spiro atoms. The molecule has 0 aliphatic rings. The number of oxime groups is 1. The summed E-state index contributed by atoms with van der Waals surface area (Å²) in [5, 5.41) is 20.7. The number of hydrogen-bond acceptors (Lipinski definition) is 6. The van der Waals surface area contributed by atoms with Crippen LogP contribution in [0.2, 0.25) is 0 Å². The second-order valence-corrected chi connectivity index (χ2v) is 8.13. The molecule has 2 aromatic heterocycles. The van der Waals surface area contributed by atoms with Crippen molar-refractivity contribution >= 4 is 5.84 Å². The second-order valence-electron chi connectivity index (χ2n) is 8.13. The first-order chi connectivity index (χ1) is 16.4. The Morgan fingerprint density at radius 3 is 2.50 bits per heavy atom. The summed E-state index contributed by atoms with van der Waals surface area (Å²) >= 11 is 0. The SMILES string of the molecule is CC(C)c1ccc(-c2ccc(Oc3cc(C(N)=NO)ccc3Cc3ccc[nH]c3=O)cc2)nn1. The van der Waals surface area contributed by atoms with Gasteiger partial charge in [-0.1, -0.05) is 37.2 Å². The number of aromatic amines is 1. The van der Waals surface area contributed by atoms with Crippen LogP contribution in [0, 0.1) is 0 Å². The Morgan fingerprint density at radius 1 is 1.06 bits per heavy atom. The van der Waals surface area contributed by atoms with Gasteiger partial charge in [-0.25, -0.2) is 0 Å². The predicted molar refractivity (Wildman–Crippen MR) is 130 cm³/mol. The highest BCUT2D eigenvalue weighted by Crippen LogP contribution is 2.30. The molecule has 0 fully saturated rings. The number of nitrogens with zero attached hydrogens (tertiary/aromatic N) is 3. The van der Waals surface area contributed by atoms with Crippen LogP contribution < -0.4 is 16.0 Å². The number of rotatable bonds is 7. The van der Waals surface area contributed by atoms with E-state index in [9.17, 15) is 4.79 Å². The molecule has 0 saturated carbocycles. The zero-order valence-electron chi connectivity index (χ0n) is 18.9. The van der Waals surface area contributed by atoms with Crippen molar-refractivity contribution in [2.45, 2.75) is 26.2 Å². The highest BCUT2D eigenvalue weighted by molar-refractivity contribution is 5.97. The average molecular weight is 456 g/mol. The van der Waals surface area contributed by atoms with E-state index in [1.165, 1.54) is 0 Å². The summed E-state index contributed by atoms with van der Waals surface area (Å²) in [5.74, 6) is 1.38. The molecule has 0 aliphatic carbocycles. The van der Waals surface area contributed by atoms with Crippen molar-refractivity contribution in [2.75, 3.05) is 0 Å². The van der Waals surface area contributed by atoms with Gasteiger partial charge in [0.15, 0.2) is 5.84 Å². The molecule has 8 nitrogen and oxygen atoms in total. The van der Waals surface area contributed by atoms with Crippen LogP contribution in [-0.4, -0.2) is 26.2 Å². The van der Waals surface area contributed by atoms with Crippen molar-refractivity contribution in [2.24, 2.45) is 10.9 Å². The maximum Gasteiger partial charge on any atom is 0.251 e. The Labute approximate surface area is 196 Å². The third kappa shape index (κ3) is 5.12. The summed E-state index contributed by atoms with van der Waals surface area (Å²) in [6, 6.07) is 20.2. The van der Waals surface area contributed by atoms with Crippen molar-refractivity contribution in [3.63, 3.8) is 0 Å². The lowest BCUT2D eigenvalue weighted by molar-refractivity contribution is 0.318. The molecule has 0 radical (unpaired) electrons. The fourth-order valence-corrected chi connectivity index (χ4v) is 3.44. The van der Waals surface area contributed by atoms with Crippen LogP contribution in [0.4, 0.5) is 0 Å². The van der Waals surface area contributed by atoms with Crippen molar-refractivity contribution in [3.8, 4) is 22.8 Å². The van der Waals surface area contributed by atoms with Crippen LogP contribution >= 0.6 is 0 Å². The average Bonchev–Trinajstić information content (AvgIpc) is 2.86.